The zero-order valence-corrected chi connectivity index (χ0v) is 21.2. The Labute approximate surface area is 216 Å². The van der Waals surface area contributed by atoms with Gasteiger partial charge in [-0.25, -0.2) is 0 Å². The Hall–Kier alpha value is -4.53. The number of benzene rings is 3. The SMILES string of the molecule is COc1cccc(CC(=O)N=C(N)NC(Cc2ccccc2)C(=O)NCc2ccc(OC)c(OC)c2)c1. The van der Waals surface area contributed by atoms with Crippen LogP contribution >= 0.6 is 0 Å². The number of hydrogen-bond donors (Lipinski definition) is 3. The zero-order valence-electron chi connectivity index (χ0n) is 21.2. The lowest BCUT2D eigenvalue weighted by Gasteiger charge is -2.19. The molecule has 0 bridgehead atoms. The largest absolute Gasteiger partial charge is 0.497 e. The summed E-state index contributed by atoms with van der Waals surface area (Å²) < 4.78 is 15.8. The first-order valence-electron chi connectivity index (χ1n) is 11.7. The standard InChI is InChI=1S/C28H32N4O5/c1-35-22-11-7-10-20(14-22)17-26(33)32-28(29)31-23(15-19-8-5-4-6-9-19)27(34)30-18-21-12-13-24(36-2)25(16-21)37-3/h4-14,16,23H,15,17-18H2,1-3H3,(H,30,34)(H3,29,31,32,33). The molecule has 2 amide bonds. The van der Waals surface area contributed by atoms with Gasteiger partial charge in [-0.15, -0.1) is 0 Å². The average Bonchev–Trinajstić information content (AvgIpc) is 2.91. The summed E-state index contributed by atoms with van der Waals surface area (Å²) >= 11 is 0. The fraction of sp³-hybridized carbons (Fsp3) is 0.250. The second kappa shape index (κ2) is 13.5. The molecule has 37 heavy (non-hydrogen) atoms. The fourth-order valence-corrected chi connectivity index (χ4v) is 3.70. The summed E-state index contributed by atoms with van der Waals surface area (Å²) in [5.41, 5.74) is 8.54. The number of ether oxygens (including phenoxy) is 3. The van der Waals surface area contributed by atoms with Gasteiger partial charge >= 0.3 is 0 Å². The molecular weight excluding hydrogens is 472 g/mol. The highest BCUT2D eigenvalue weighted by molar-refractivity contribution is 5.95. The number of rotatable bonds is 11. The van der Waals surface area contributed by atoms with Crippen molar-refractivity contribution in [3.8, 4) is 17.2 Å². The molecular formula is C28H32N4O5. The smallest absolute Gasteiger partial charge is 0.253 e. The zero-order chi connectivity index (χ0) is 26.6. The van der Waals surface area contributed by atoms with E-state index in [0.717, 1.165) is 16.7 Å². The van der Waals surface area contributed by atoms with E-state index < -0.39 is 11.9 Å². The van der Waals surface area contributed by atoms with Gasteiger partial charge in [-0.05, 0) is 41.0 Å². The number of carbonyl (C=O) groups excluding carboxylic acids is 2. The van der Waals surface area contributed by atoms with E-state index in [0.29, 0.717) is 23.7 Å². The Balaban J connectivity index is 1.69. The van der Waals surface area contributed by atoms with Crippen LogP contribution in [0.15, 0.2) is 77.8 Å². The van der Waals surface area contributed by atoms with Crippen molar-refractivity contribution in [2.45, 2.75) is 25.4 Å². The Morgan fingerprint density at radius 2 is 1.57 bits per heavy atom. The maximum absolute atomic E-state index is 13.1. The Kier molecular flexibility index (Phi) is 9.90. The molecule has 0 fully saturated rings. The van der Waals surface area contributed by atoms with Gasteiger partial charge in [0.1, 0.15) is 11.8 Å². The first-order chi connectivity index (χ1) is 17.9. The lowest BCUT2D eigenvalue weighted by Crippen LogP contribution is -2.50. The minimum atomic E-state index is -0.754. The molecule has 0 aliphatic rings. The summed E-state index contributed by atoms with van der Waals surface area (Å²) in [6, 6.07) is 21.3. The van der Waals surface area contributed by atoms with Crippen molar-refractivity contribution in [3.63, 3.8) is 0 Å². The van der Waals surface area contributed by atoms with Crippen LogP contribution in [-0.2, 0) is 29.0 Å². The lowest BCUT2D eigenvalue weighted by molar-refractivity contribution is -0.123. The monoisotopic (exact) mass is 504 g/mol. The number of guanidine groups is 1. The first kappa shape index (κ1) is 27.1. The average molecular weight is 505 g/mol. The van der Waals surface area contributed by atoms with E-state index in [1.807, 2.05) is 36.4 Å². The van der Waals surface area contributed by atoms with Gasteiger partial charge in [0.05, 0.1) is 27.8 Å². The van der Waals surface area contributed by atoms with Gasteiger partial charge in [0, 0.05) is 13.0 Å². The number of nitrogens with one attached hydrogen (secondary N) is 2. The van der Waals surface area contributed by atoms with E-state index in [1.165, 1.54) is 0 Å². The molecule has 9 nitrogen and oxygen atoms in total. The molecule has 0 aliphatic heterocycles. The number of carbonyl (C=O) groups is 2. The number of nitrogens with zero attached hydrogens (tertiary/aromatic N) is 1. The van der Waals surface area contributed by atoms with E-state index in [4.69, 9.17) is 19.9 Å². The van der Waals surface area contributed by atoms with Crippen LogP contribution < -0.4 is 30.6 Å². The highest BCUT2D eigenvalue weighted by atomic mass is 16.5. The van der Waals surface area contributed by atoms with Crippen LogP contribution in [0.1, 0.15) is 16.7 Å². The summed E-state index contributed by atoms with van der Waals surface area (Å²) in [4.78, 5) is 29.6. The van der Waals surface area contributed by atoms with Crippen molar-refractivity contribution in [2.24, 2.45) is 10.7 Å². The van der Waals surface area contributed by atoms with Crippen molar-refractivity contribution in [2.75, 3.05) is 21.3 Å². The molecule has 3 rings (SSSR count). The lowest BCUT2D eigenvalue weighted by atomic mass is 10.1. The van der Waals surface area contributed by atoms with Gasteiger partial charge in [-0.1, -0.05) is 48.5 Å². The maximum atomic E-state index is 13.1. The van der Waals surface area contributed by atoms with Gasteiger partial charge in [0.25, 0.3) is 5.91 Å². The predicted molar refractivity (Wildman–Crippen MR) is 142 cm³/mol. The molecule has 0 saturated heterocycles. The van der Waals surface area contributed by atoms with Gasteiger partial charge in [0.2, 0.25) is 5.91 Å². The number of aliphatic imine (C=N–C) groups is 1. The second-order valence-electron chi connectivity index (χ2n) is 8.21. The molecule has 3 aromatic rings. The van der Waals surface area contributed by atoms with Gasteiger partial charge in [0.15, 0.2) is 17.5 Å². The number of nitrogens with two attached hydrogens (primary N) is 1. The third-order valence-corrected chi connectivity index (χ3v) is 5.57. The minimum absolute atomic E-state index is 0.0500. The number of amides is 2. The van der Waals surface area contributed by atoms with Crippen LogP contribution in [0.5, 0.6) is 17.2 Å². The van der Waals surface area contributed by atoms with Crippen molar-refractivity contribution >= 4 is 17.8 Å². The quantitative estimate of drug-likeness (QED) is 0.271. The molecule has 0 heterocycles. The second-order valence-corrected chi connectivity index (χ2v) is 8.21. The Bertz CT molecular complexity index is 1230. The molecule has 9 heteroatoms. The van der Waals surface area contributed by atoms with Crippen molar-refractivity contribution in [3.05, 3.63) is 89.5 Å². The minimum Gasteiger partial charge on any atom is -0.497 e. The van der Waals surface area contributed by atoms with Crippen LogP contribution in [0.4, 0.5) is 0 Å². The molecule has 1 atom stereocenters. The number of methoxy groups -OCH3 is 3. The molecule has 0 spiro atoms. The van der Waals surface area contributed by atoms with E-state index in [9.17, 15) is 9.59 Å². The van der Waals surface area contributed by atoms with E-state index in [1.54, 1.807) is 57.7 Å². The molecule has 0 aromatic heterocycles. The molecule has 0 radical (unpaired) electrons. The maximum Gasteiger partial charge on any atom is 0.253 e. The topological polar surface area (TPSA) is 124 Å². The van der Waals surface area contributed by atoms with E-state index in [-0.39, 0.29) is 24.8 Å². The normalized spacial score (nSPS) is 11.8. The first-order valence-corrected chi connectivity index (χ1v) is 11.7. The van der Waals surface area contributed by atoms with Crippen LogP contribution in [-0.4, -0.2) is 45.1 Å². The molecule has 1 unspecified atom stereocenters. The molecule has 4 N–H and O–H groups in total. The Morgan fingerprint density at radius 3 is 2.27 bits per heavy atom. The highest BCUT2D eigenvalue weighted by Gasteiger charge is 2.20. The van der Waals surface area contributed by atoms with Crippen LogP contribution in [0.3, 0.4) is 0 Å². The van der Waals surface area contributed by atoms with E-state index >= 15 is 0 Å². The third-order valence-electron chi connectivity index (χ3n) is 5.57. The van der Waals surface area contributed by atoms with Crippen LogP contribution in [0, 0.1) is 0 Å². The van der Waals surface area contributed by atoms with Crippen LogP contribution in [0.25, 0.3) is 0 Å². The molecule has 194 valence electrons. The van der Waals surface area contributed by atoms with Crippen molar-refractivity contribution in [1.29, 1.82) is 0 Å². The summed E-state index contributed by atoms with van der Waals surface area (Å²) in [6.07, 6.45) is 0.396. The Morgan fingerprint density at radius 1 is 0.838 bits per heavy atom. The summed E-state index contributed by atoms with van der Waals surface area (Å²) in [5.74, 6) is 0.951. The fourth-order valence-electron chi connectivity index (χ4n) is 3.70. The molecule has 3 aromatic carbocycles. The summed E-state index contributed by atoms with van der Waals surface area (Å²) in [5, 5.41) is 5.82. The molecule has 0 aliphatic carbocycles. The van der Waals surface area contributed by atoms with Crippen molar-refractivity contribution < 1.29 is 23.8 Å². The number of hydrogen-bond acceptors (Lipinski definition) is 5. The van der Waals surface area contributed by atoms with Crippen molar-refractivity contribution in [1.82, 2.24) is 10.6 Å². The van der Waals surface area contributed by atoms with Gasteiger partial charge in [-0.2, -0.15) is 4.99 Å². The summed E-state index contributed by atoms with van der Waals surface area (Å²) in [7, 11) is 4.67. The summed E-state index contributed by atoms with van der Waals surface area (Å²) in [6.45, 7) is 0.262. The molecule has 0 saturated carbocycles. The predicted octanol–water partition coefficient (Wildman–Crippen LogP) is 2.61. The van der Waals surface area contributed by atoms with Gasteiger partial charge < -0.3 is 30.6 Å². The third kappa shape index (κ3) is 8.28. The van der Waals surface area contributed by atoms with Crippen LogP contribution in [0.2, 0.25) is 0 Å². The van der Waals surface area contributed by atoms with E-state index in [2.05, 4.69) is 15.6 Å². The van der Waals surface area contributed by atoms with Gasteiger partial charge in [-0.3, -0.25) is 9.59 Å². The highest BCUT2D eigenvalue weighted by Crippen LogP contribution is 2.27.